The van der Waals surface area contributed by atoms with Gasteiger partial charge in [-0.25, -0.2) is 8.42 Å². The van der Waals surface area contributed by atoms with E-state index in [0.717, 1.165) is 12.0 Å². The molecular weight excluding hydrogens is 288 g/mol. The first-order valence-electron chi connectivity index (χ1n) is 6.03. The molecule has 0 spiro atoms. The Balaban J connectivity index is 1.87. The molecule has 7 heteroatoms. The zero-order valence-electron chi connectivity index (χ0n) is 10.3. The van der Waals surface area contributed by atoms with Crippen molar-refractivity contribution >= 4 is 25.6 Å². The van der Waals surface area contributed by atoms with Crippen molar-refractivity contribution in [1.29, 1.82) is 0 Å². The fourth-order valence-corrected chi connectivity index (χ4v) is 3.59. The van der Waals surface area contributed by atoms with Gasteiger partial charge in [0.15, 0.2) is 0 Å². The molecule has 1 unspecified atom stereocenters. The van der Waals surface area contributed by atoms with Crippen LogP contribution in [0.25, 0.3) is 0 Å². The molecule has 0 aliphatic carbocycles. The normalized spacial score (nSPS) is 19.9. The number of carbonyl (C=O) groups excluding carboxylic acids is 1. The van der Waals surface area contributed by atoms with Crippen LogP contribution in [-0.2, 0) is 20.3 Å². The maximum absolute atomic E-state index is 11.8. The van der Waals surface area contributed by atoms with Gasteiger partial charge in [-0.05, 0) is 18.1 Å². The molecular formula is C12H15ClN2O3S. The highest BCUT2D eigenvalue weighted by atomic mass is 35.7. The second-order valence-corrected chi connectivity index (χ2v) is 7.55. The summed E-state index contributed by atoms with van der Waals surface area (Å²) < 4.78 is 22.0. The molecule has 5 nitrogen and oxygen atoms in total. The Morgan fingerprint density at radius 3 is 2.89 bits per heavy atom. The topological polar surface area (TPSA) is 67.3 Å². The fourth-order valence-electron chi connectivity index (χ4n) is 2.27. The van der Waals surface area contributed by atoms with Crippen LogP contribution in [0.5, 0.6) is 0 Å². The number of carbonyl (C=O) groups is 1. The van der Waals surface area contributed by atoms with E-state index in [1.54, 1.807) is 17.3 Å². The van der Waals surface area contributed by atoms with Gasteiger partial charge >= 0.3 is 0 Å². The molecule has 104 valence electrons. The summed E-state index contributed by atoms with van der Waals surface area (Å²) in [6.07, 6.45) is 4.45. The largest absolute Gasteiger partial charge is 0.342 e. The van der Waals surface area contributed by atoms with Gasteiger partial charge in [0.2, 0.25) is 15.0 Å². The van der Waals surface area contributed by atoms with Gasteiger partial charge < -0.3 is 4.90 Å². The van der Waals surface area contributed by atoms with E-state index < -0.39 is 9.05 Å². The van der Waals surface area contributed by atoms with Crippen molar-refractivity contribution in [2.24, 2.45) is 5.92 Å². The molecule has 0 radical (unpaired) electrons. The number of pyridine rings is 1. The molecule has 0 aromatic carbocycles. The first-order chi connectivity index (χ1) is 8.94. The fraction of sp³-hybridized carbons (Fsp3) is 0.500. The van der Waals surface area contributed by atoms with Gasteiger partial charge in [0.1, 0.15) is 0 Å². The molecule has 1 atom stereocenters. The van der Waals surface area contributed by atoms with Crippen molar-refractivity contribution in [3.05, 3.63) is 30.1 Å². The van der Waals surface area contributed by atoms with Crippen LogP contribution in [0.1, 0.15) is 12.0 Å². The van der Waals surface area contributed by atoms with E-state index >= 15 is 0 Å². The van der Waals surface area contributed by atoms with Crippen LogP contribution in [0.4, 0.5) is 0 Å². The van der Waals surface area contributed by atoms with E-state index in [2.05, 4.69) is 4.98 Å². The highest BCUT2D eigenvalue weighted by Gasteiger charge is 2.31. The Bertz CT molecular complexity index is 547. The van der Waals surface area contributed by atoms with Crippen molar-refractivity contribution in [2.75, 3.05) is 18.8 Å². The molecule has 1 aliphatic heterocycles. The van der Waals surface area contributed by atoms with Crippen LogP contribution < -0.4 is 0 Å². The molecule has 1 aliphatic rings. The van der Waals surface area contributed by atoms with E-state index in [1.165, 1.54) is 0 Å². The van der Waals surface area contributed by atoms with Crippen LogP contribution >= 0.6 is 10.7 Å². The molecule has 2 rings (SSSR count). The second-order valence-electron chi connectivity index (χ2n) is 4.73. The molecule has 0 bridgehead atoms. The SMILES string of the molecule is O=C1CC(CS(=O)(=O)Cl)CN1CCc1cccnc1. The van der Waals surface area contributed by atoms with Crippen molar-refractivity contribution in [3.8, 4) is 0 Å². The number of halogens is 1. The minimum absolute atomic E-state index is 0.00536. The molecule has 2 heterocycles. The zero-order valence-corrected chi connectivity index (χ0v) is 11.9. The van der Waals surface area contributed by atoms with Crippen LogP contribution in [0, 0.1) is 5.92 Å². The molecule has 1 saturated heterocycles. The summed E-state index contributed by atoms with van der Waals surface area (Å²) in [7, 11) is 1.68. The second kappa shape index (κ2) is 5.88. The lowest BCUT2D eigenvalue weighted by Gasteiger charge is -2.16. The lowest BCUT2D eigenvalue weighted by atomic mass is 10.1. The molecule has 1 aromatic heterocycles. The number of nitrogens with zero attached hydrogens (tertiary/aromatic N) is 2. The van der Waals surface area contributed by atoms with Gasteiger partial charge in [0.05, 0.1) is 5.75 Å². The van der Waals surface area contributed by atoms with Gasteiger partial charge in [0, 0.05) is 48.5 Å². The van der Waals surface area contributed by atoms with Crippen LogP contribution in [-0.4, -0.2) is 43.1 Å². The lowest BCUT2D eigenvalue weighted by Crippen LogP contribution is -2.28. The van der Waals surface area contributed by atoms with Crippen molar-refractivity contribution in [3.63, 3.8) is 0 Å². The standard InChI is InChI=1S/C12H15ClN2O3S/c13-19(17,18)9-11-6-12(16)15(8-11)5-3-10-2-1-4-14-7-10/h1-2,4,7,11H,3,5-6,8-9H2. The number of hydrogen-bond donors (Lipinski definition) is 0. The summed E-state index contributed by atoms with van der Waals surface area (Å²) in [5.41, 5.74) is 1.06. The van der Waals surface area contributed by atoms with E-state index in [-0.39, 0.29) is 24.0 Å². The third-order valence-electron chi connectivity index (χ3n) is 3.12. The van der Waals surface area contributed by atoms with Gasteiger partial charge in [-0.15, -0.1) is 0 Å². The summed E-state index contributed by atoms with van der Waals surface area (Å²) in [5.74, 6) is -0.331. The molecule has 1 amide bonds. The molecule has 19 heavy (non-hydrogen) atoms. The number of likely N-dealkylation sites (tertiary alicyclic amines) is 1. The van der Waals surface area contributed by atoms with Crippen molar-refractivity contribution in [1.82, 2.24) is 9.88 Å². The van der Waals surface area contributed by atoms with E-state index in [1.807, 2.05) is 12.1 Å². The van der Waals surface area contributed by atoms with Gasteiger partial charge in [-0.2, -0.15) is 0 Å². The highest BCUT2D eigenvalue weighted by molar-refractivity contribution is 8.13. The maximum atomic E-state index is 11.8. The number of hydrogen-bond acceptors (Lipinski definition) is 4. The third-order valence-corrected chi connectivity index (χ3v) is 4.37. The average molecular weight is 303 g/mol. The van der Waals surface area contributed by atoms with E-state index in [4.69, 9.17) is 10.7 Å². The lowest BCUT2D eigenvalue weighted by molar-refractivity contribution is -0.127. The van der Waals surface area contributed by atoms with Gasteiger partial charge in [-0.3, -0.25) is 9.78 Å². The number of rotatable bonds is 5. The summed E-state index contributed by atoms with van der Waals surface area (Å²) >= 11 is 0. The molecule has 0 saturated carbocycles. The van der Waals surface area contributed by atoms with Gasteiger partial charge in [0.25, 0.3) is 0 Å². The quantitative estimate of drug-likeness (QED) is 0.762. The van der Waals surface area contributed by atoms with E-state index in [9.17, 15) is 13.2 Å². The molecule has 0 N–H and O–H groups in total. The summed E-state index contributed by atoms with van der Waals surface area (Å²) in [6.45, 7) is 1.05. The number of amides is 1. The van der Waals surface area contributed by atoms with Gasteiger partial charge in [-0.1, -0.05) is 6.07 Å². The zero-order chi connectivity index (χ0) is 13.9. The Kier molecular flexibility index (Phi) is 4.42. The Labute approximate surface area is 117 Å². The van der Waals surface area contributed by atoms with Crippen molar-refractivity contribution < 1.29 is 13.2 Å². The number of aromatic nitrogens is 1. The van der Waals surface area contributed by atoms with Crippen LogP contribution in [0.2, 0.25) is 0 Å². The Hall–Kier alpha value is -1.14. The first kappa shape index (κ1) is 14.3. The average Bonchev–Trinajstić information content (AvgIpc) is 2.66. The van der Waals surface area contributed by atoms with Crippen molar-refractivity contribution in [2.45, 2.75) is 12.8 Å². The minimum Gasteiger partial charge on any atom is -0.342 e. The summed E-state index contributed by atoms with van der Waals surface area (Å²) in [5, 5.41) is 0. The Morgan fingerprint density at radius 2 is 2.26 bits per heavy atom. The molecule has 1 aromatic rings. The Morgan fingerprint density at radius 1 is 1.47 bits per heavy atom. The summed E-state index contributed by atoms with van der Waals surface area (Å²) in [4.78, 5) is 17.5. The van der Waals surface area contributed by atoms with E-state index in [0.29, 0.717) is 13.1 Å². The smallest absolute Gasteiger partial charge is 0.232 e. The molecule has 1 fully saturated rings. The highest BCUT2D eigenvalue weighted by Crippen LogP contribution is 2.21. The van der Waals surface area contributed by atoms with Crippen LogP contribution in [0.3, 0.4) is 0 Å². The predicted octanol–water partition coefficient (Wildman–Crippen LogP) is 1.04. The monoisotopic (exact) mass is 302 g/mol. The first-order valence-corrected chi connectivity index (χ1v) is 8.51. The predicted molar refractivity (Wildman–Crippen MR) is 72.3 cm³/mol. The van der Waals surface area contributed by atoms with Crippen LogP contribution in [0.15, 0.2) is 24.5 Å². The minimum atomic E-state index is -3.54. The summed E-state index contributed by atoms with van der Waals surface area (Å²) in [6, 6.07) is 3.80. The maximum Gasteiger partial charge on any atom is 0.232 e. The third kappa shape index (κ3) is 4.47.